The predicted octanol–water partition coefficient (Wildman–Crippen LogP) is 2.34. The summed E-state index contributed by atoms with van der Waals surface area (Å²) in [6, 6.07) is 6.80. The van der Waals surface area contributed by atoms with Crippen molar-refractivity contribution >= 4 is 21.4 Å². The van der Waals surface area contributed by atoms with Gasteiger partial charge in [-0.25, -0.2) is 8.42 Å². The van der Waals surface area contributed by atoms with Gasteiger partial charge in [-0.2, -0.15) is 0 Å². The quantitative estimate of drug-likeness (QED) is 0.885. The minimum Gasteiger partial charge on any atom is -0.325 e. The van der Waals surface area contributed by atoms with Crippen LogP contribution in [0.2, 0.25) is 0 Å². The molecule has 126 valence electrons. The monoisotopic (exact) mass is 336 g/mol. The number of sulfone groups is 1. The van der Waals surface area contributed by atoms with E-state index in [1.54, 1.807) is 31.2 Å². The highest BCUT2D eigenvalue weighted by Gasteiger charge is 2.38. The first kappa shape index (κ1) is 16.5. The Morgan fingerprint density at radius 3 is 2.83 bits per heavy atom. The fourth-order valence-corrected chi connectivity index (χ4v) is 4.61. The molecule has 5 nitrogen and oxygen atoms in total. The van der Waals surface area contributed by atoms with Crippen LogP contribution in [0.4, 0.5) is 5.69 Å². The zero-order valence-electron chi connectivity index (χ0n) is 13.4. The summed E-state index contributed by atoms with van der Waals surface area (Å²) in [4.78, 5) is 12.7. The molecular formula is C17H24N2O3S. The van der Waals surface area contributed by atoms with Gasteiger partial charge >= 0.3 is 0 Å². The number of nitrogens with one attached hydrogen (secondary N) is 2. The van der Waals surface area contributed by atoms with Crippen molar-refractivity contribution in [2.75, 3.05) is 11.1 Å². The van der Waals surface area contributed by atoms with Crippen LogP contribution in [0, 0.1) is 5.92 Å². The van der Waals surface area contributed by atoms with Crippen LogP contribution in [-0.2, 0) is 14.6 Å². The molecule has 1 aromatic rings. The van der Waals surface area contributed by atoms with E-state index in [-0.39, 0.29) is 22.6 Å². The zero-order chi connectivity index (χ0) is 16.4. The first-order valence-electron chi connectivity index (χ1n) is 8.39. The first-order valence-corrected chi connectivity index (χ1v) is 10.0. The van der Waals surface area contributed by atoms with Crippen molar-refractivity contribution in [2.24, 2.45) is 5.92 Å². The van der Waals surface area contributed by atoms with Crippen LogP contribution >= 0.6 is 0 Å². The molecule has 1 saturated carbocycles. The Labute approximate surface area is 137 Å². The molecule has 0 unspecified atom stereocenters. The average molecular weight is 336 g/mol. The number of carbonyl (C=O) groups excluding carboxylic acids is 1. The molecule has 1 aliphatic heterocycles. The Hall–Kier alpha value is -1.40. The van der Waals surface area contributed by atoms with Crippen molar-refractivity contribution in [3.63, 3.8) is 0 Å². The van der Waals surface area contributed by atoms with E-state index in [4.69, 9.17) is 0 Å². The molecule has 0 radical (unpaired) electrons. The van der Waals surface area contributed by atoms with E-state index >= 15 is 0 Å². The number of hydrogen-bond donors (Lipinski definition) is 2. The molecule has 23 heavy (non-hydrogen) atoms. The van der Waals surface area contributed by atoms with Crippen molar-refractivity contribution in [2.45, 2.75) is 56.0 Å². The van der Waals surface area contributed by atoms with Crippen LogP contribution in [0.5, 0.6) is 0 Å². The molecular weight excluding hydrogens is 312 g/mol. The van der Waals surface area contributed by atoms with Crippen molar-refractivity contribution < 1.29 is 13.2 Å². The molecule has 0 spiro atoms. The van der Waals surface area contributed by atoms with Gasteiger partial charge in [-0.1, -0.05) is 25.8 Å². The maximum atomic E-state index is 12.5. The first-order chi connectivity index (χ1) is 11.0. The van der Waals surface area contributed by atoms with Crippen molar-refractivity contribution in [1.29, 1.82) is 0 Å². The second-order valence-corrected chi connectivity index (χ2v) is 8.80. The molecule has 1 aliphatic carbocycles. The summed E-state index contributed by atoms with van der Waals surface area (Å²) in [5, 5.41) is 6.30. The fraction of sp³-hybridized carbons (Fsp3) is 0.588. The smallest absolute Gasteiger partial charge is 0.241 e. The lowest BCUT2D eigenvalue weighted by atomic mass is 9.85. The van der Waals surface area contributed by atoms with Crippen LogP contribution in [0.15, 0.2) is 29.2 Å². The largest absolute Gasteiger partial charge is 0.325 e. The normalized spacial score (nSPS) is 27.4. The Kier molecular flexibility index (Phi) is 4.73. The average Bonchev–Trinajstić information content (AvgIpc) is 2.99. The number of rotatable bonds is 4. The molecule has 1 heterocycles. The Morgan fingerprint density at radius 1 is 1.30 bits per heavy atom. The third-order valence-corrected chi connectivity index (χ3v) is 6.75. The zero-order valence-corrected chi connectivity index (χ0v) is 14.2. The SMILES string of the molecule is CCS(=O)(=O)c1cccc(NC(=O)[C@@H]2C[C@H]3CCCC[C@H]3N2)c1. The number of benzene rings is 1. The van der Waals surface area contributed by atoms with E-state index in [1.807, 2.05) is 0 Å². The fourth-order valence-electron chi connectivity index (χ4n) is 3.68. The predicted molar refractivity (Wildman–Crippen MR) is 90.1 cm³/mol. The van der Waals surface area contributed by atoms with Gasteiger partial charge in [-0.15, -0.1) is 0 Å². The number of carbonyl (C=O) groups is 1. The molecule has 2 aliphatic rings. The lowest BCUT2D eigenvalue weighted by Gasteiger charge is -2.24. The summed E-state index contributed by atoms with van der Waals surface area (Å²) < 4.78 is 23.9. The summed E-state index contributed by atoms with van der Waals surface area (Å²) in [6.07, 6.45) is 5.72. The third-order valence-electron chi connectivity index (χ3n) is 5.02. The maximum absolute atomic E-state index is 12.5. The molecule has 2 fully saturated rings. The highest BCUT2D eigenvalue weighted by atomic mass is 32.2. The van der Waals surface area contributed by atoms with Gasteiger partial charge in [0.05, 0.1) is 16.7 Å². The summed E-state index contributed by atoms with van der Waals surface area (Å²) in [5.74, 6) is 0.592. The molecule has 1 saturated heterocycles. The molecule has 1 aromatic carbocycles. The second kappa shape index (κ2) is 6.61. The minimum atomic E-state index is -3.26. The van der Waals surface area contributed by atoms with E-state index in [1.165, 1.54) is 19.3 Å². The van der Waals surface area contributed by atoms with Gasteiger partial charge in [0.15, 0.2) is 9.84 Å². The van der Waals surface area contributed by atoms with Gasteiger partial charge in [0.25, 0.3) is 0 Å². The number of hydrogen-bond acceptors (Lipinski definition) is 4. The summed E-state index contributed by atoms with van der Waals surface area (Å²) in [5.41, 5.74) is 0.543. The second-order valence-electron chi connectivity index (χ2n) is 6.53. The summed E-state index contributed by atoms with van der Waals surface area (Å²) in [6.45, 7) is 1.62. The number of fused-ring (bicyclic) bond motifs is 1. The summed E-state index contributed by atoms with van der Waals surface area (Å²) in [7, 11) is -3.26. The number of anilines is 1. The molecule has 1 amide bonds. The van der Waals surface area contributed by atoms with Gasteiger partial charge in [0.2, 0.25) is 5.91 Å². The van der Waals surface area contributed by atoms with Crippen LogP contribution in [0.1, 0.15) is 39.0 Å². The molecule has 0 bridgehead atoms. The van der Waals surface area contributed by atoms with Gasteiger partial charge in [0, 0.05) is 11.7 Å². The topological polar surface area (TPSA) is 75.3 Å². The molecule has 3 atom stereocenters. The molecule has 2 N–H and O–H groups in total. The van der Waals surface area contributed by atoms with E-state index in [2.05, 4.69) is 10.6 Å². The summed E-state index contributed by atoms with van der Waals surface area (Å²) >= 11 is 0. The molecule has 6 heteroatoms. The standard InChI is InChI=1S/C17H24N2O3S/c1-2-23(21,22)14-8-5-7-13(11-14)18-17(20)16-10-12-6-3-4-9-15(12)19-16/h5,7-8,11-12,15-16,19H,2-4,6,9-10H2,1H3,(H,18,20)/t12-,15-,16+/m1/s1. The molecule has 3 rings (SSSR count). The maximum Gasteiger partial charge on any atom is 0.241 e. The van der Waals surface area contributed by atoms with Crippen LogP contribution in [0.25, 0.3) is 0 Å². The lowest BCUT2D eigenvalue weighted by molar-refractivity contribution is -0.117. The highest BCUT2D eigenvalue weighted by Crippen LogP contribution is 2.33. The van der Waals surface area contributed by atoms with E-state index in [0.29, 0.717) is 17.6 Å². The van der Waals surface area contributed by atoms with Crippen molar-refractivity contribution in [3.05, 3.63) is 24.3 Å². The highest BCUT2D eigenvalue weighted by molar-refractivity contribution is 7.91. The van der Waals surface area contributed by atoms with Gasteiger partial charge < -0.3 is 10.6 Å². The van der Waals surface area contributed by atoms with Gasteiger partial charge in [-0.05, 0) is 43.4 Å². The lowest BCUT2D eigenvalue weighted by Crippen LogP contribution is -2.39. The van der Waals surface area contributed by atoms with E-state index < -0.39 is 9.84 Å². The van der Waals surface area contributed by atoms with Gasteiger partial charge in [0.1, 0.15) is 0 Å². The number of amides is 1. The minimum absolute atomic E-state index is 0.0535. The van der Waals surface area contributed by atoms with Crippen LogP contribution in [0.3, 0.4) is 0 Å². The third kappa shape index (κ3) is 3.58. The Morgan fingerprint density at radius 2 is 2.09 bits per heavy atom. The van der Waals surface area contributed by atoms with Crippen molar-refractivity contribution in [1.82, 2.24) is 5.32 Å². The van der Waals surface area contributed by atoms with Crippen molar-refractivity contribution in [3.8, 4) is 0 Å². The van der Waals surface area contributed by atoms with Gasteiger partial charge in [-0.3, -0.25) is 4.79 Å². The van der Waals surface area contributed by atoms with E-state index in [9.17, 15) is 13.2 Å². The Balaban J connectivity index is 1.68. The Bertz CT molecular complexity index is 673. The molecule has 0 aromatic heterocycles. The van der Waals surface area contributed by atoms with Crippen LogP contribution < -0.4 is 10.6 Å². The van der Waals surface area contributed by atoms with Crippen LogP contribution in [-0.4, -0.2) is 32.2 Å². The van der Waals surface area contributed by atoms with E-state index in [0.717, 1.165) is 12.8 Å².